The minimum Gasteiger partial charge on any atom is -0.359 e. The highest BCUT2D eigenvalue weighted by Gasteiger charge is 2.28. The number of carbonyl (C=O) groups excluding carboxylic acids is 2. The van der Waals surface area contributed by atoms with Crippen molar-refractivity contribution in [1.29, 1.82) is 0 Å². The number of halogens is 1. The minimum atomic E-state index is -0.0924. The van der Waals surface area contributed by atoms with Crippen molar-refractivity contribution in [3.05, 3.63) is 33.8 Å². The second-order valence-electron chi connectivity index (χ2n) is 5.12. The van der Waals surface area contributed by atoms with Crippen LogP contribution in [0.5, 0.6) is 0 Å². The van der Waals surface area contributed by atoms with Crippen molar-refractivity contribution < 1.29 is 9.59 Å². The number of hydrogen-bond acceptors (Lipinski definition) is 2. The van der Waals surface area contributed by atoms with E-state index < -0.39 is 0 Å². The van der Waals surface area contributed by atoms with Crippen molar-refractivity contribution in [3.63, 3.8) is 0 Å². The van der Waals surface area contributed by atoms with E-state index in [1.54, 1.807) is 11.9 Å². The summed E-state index contributed by atoms with van der Waals surface area (Å²) in [5.74, 6) is -0.0592. The molecule has 1 aliphatic heterocycles. The maximum absolute atomic E-state index is 12.6. The summed E-state index contributed by atoms with van der Waals surface area (Å²) in [5.41, 5.74) is 1.65. The molecule has 0 aliphatic carbocycles. The van der Waals surface area contributed by atoms with Crippen molar-refractivity contribution >= 4 is 27.7 Å². The van der Waals surface area contributed by atoms with Gasteiger partial charge < -0.3 is 10.2 Å². The zero-order valence-corrected chi connectivity index (χ0v) is 13.4. The molecule has 1 N–H and O–H groups in total. The summed E-state index contributed by atoms with van der Waals surface area (Å²) in [5, 5.41) is 2.67. The lowest BCUT2D eigenvalue weighted by molar-refractivity contribution is -0.125. The molecule has 0 bridgehead atoms. The lowest BCUT2D eigenvalue weighted by Crippen LogP contribution is -2.45. The van der Waals surface area contributed by atoms with Gasteiger partial charge in [-0.25, -0.2) is 0 Å². The zero-order chi connectivity index (χ0) is 14.7. The minimum absolute atomic E-state index is 0.0115. The van der Waals surface area contributed by atoms with E-state index >= 15 is 0 Å². The number of nitrogens with one attached hydrogen (secondary N) is 1. The maximum Gasteiger partial charge on any atom is 0.254 e. The van der Waals surface area contributed by atoms with E-state index in [2.05, 4.69) is 21.2 Å². The second-order valence-corrected chi connectivity index (χ2v) is 5.97. The molecule has 0 radical (unpaired) electrons. The van der Waals surface area contributed by atoms with Gasteiger partial charge >= 0.3 is 0 Å². The van der Waals surface area contributed by atoms with Crippen LogP contribution in [0.4, 0.5) is 0 Å². The van der Waals surface area contributed by atoms with E-state index in [1.807, 2.05) is 25.1 Å². The molecule has 1 saturated heterocycles. The Labute approximate surface area is 127 Å². The lowest BCUT2D eigenvalue weighted by Gasteiger charge is -2.32. The topological polar surface area (TPSA) is 49.4 Å². The average Bonchev–Trinajstić information content (AvgIpc) is 2.48. The summed E-state index contributed by atoms with van der Waals surface area (Å²) < 4.78 is 0.934. The largest absolute Gasteiger partial charge is 0.359 e. The Hall–Kier alpha value is -1.36. The van der Waals surface area contributed by atoms with Crippen LogP contribution in [-0.2, 0) is 4.79 Å². The SMILES string of the molecule is CNC(=O)C1CCCN(C(=O)c2cccc(Br)c2C)C1. The molecule has 1 aliphatic rings. The number of likely N-dealkylation sites (tertiary alicyclic amines) is 1. The van der Waals surface area contributed by atoms with Crippen LogP contribution in [0, 0.1) is 12.8 Å². The third kappa shape index (κ3) is 3.03. The molecule has 0 spiro atoms. The molecule has 1 aromatic rings. The highest BCUT2D eigenvalue weighted by molar-refractivity contribution is 9.10. The Morgan fingerprint density at radius 3 is 2.85 bits per heavy atom. The standard InChI is InChI=1S/C15H19BrN2O2/c1-10-12(6-3-7-13(10)16)15(20)18-8-4-5-11(9-18)14(19)17-2/h3,6-7,11H,4-5,8-9H2,1-2H3,(H,17,19). The molecule has 1 fully saturated rings. The Kier molecular flexibility index (Phi) is 4.81. The Morgan fingerprint density at radius 2 is 2.15 bits per heavy atom. The molecular formula is C15H19BrN2O2. The Balaban J connectivity index is 2.16. The van der Waals surface area contributed by atoms with Crippen LogP contribution in [0.1, 0.15) is 28.8 Å². The molecule has 1 aromatic carbocycles. The van der Waals surface area contributed by atoms with Gasteiger partial charge in [-0.1, -0.05) is 22.0 Å². The van der Waals surface area contributed by atoms with Crippen LogP contribution < -0.4 is 5.32 Å². The van der Waals surface area contributed by atoms with E-state index in [0.717, 1.165) is 29.4 Å². The van der Waals surface area contributed by atoms with Crippen molar-refractivity contribution in [3.8, 4) is 0 Å². The van der Waals surface area contributed by atoms with Gasteiger partial charge in [-0.2, -0.15) is 0 Å². The normalized spacial score (nSPS) is 18.8. The van der Waals surface area contributed by atoms with Gasteiger partial charge in [0.05, 0.1) is 5.92 Å². The molecule has 1 heterocycles. The zero-order valence-electron chi connectivity index (χ0n) is 11.8. The van der Waals surface area contributed by atoms with Crippen LogP contribution in [0.25, 0.3) is 0 Å². The van der Waals surface area contributed by atoms with Gasteiger partial charge in [0.2, 0.25) is 5.91 Å². The number of carbonyl (C=O) groups is 2. The predicted octanol–water partition coefficient (Wildman–Crippen LogP) is 2.36. The number of rotatable bonds is 2. The molecule has 20 heavy (non-hydrogen) atoms. The smallest absolute Gasteiger partial charge is 0.254 e. The fourth-order valence-electron chi connectivity index (χ4n) is 2.59. The molecule has 1 unspecified atom stereocenters. The molecule has 5 heteroatoms. The predicted molar refractivity (Wildman–Crippen MR) is 81.6 cm³/mol. The average molecular weight is 339 g/mol. The highest BCUT2D eigenvalue weighted by atomic mass is 79.9. The first-order valence-corrected chi connectivity index (χ1v) is 7.60. The van der Waals surface area contributed by atoms with E-state index in [0.29, 0.717) is 12.1 Å². The summed E-state index contributed by atoms with van der Waals surface area (Å²) >= 11 is 3.45. The summed E-state index contributed by atoms with van der Waals surface area (Å²) in [4.78, 5) is 26.1. The van der Waals surface area contributed by atoms with Crippen LogP contribution in [0.3, 0.4) is 0 Å². The fraction of sp³-hybridized carbons (Fsp3) is 0.467. The van der Waals surface area contributed by atoms with Gasteiger partial charge in [0.15, 0.2) is 0 Å². The molecule has 2 amide bonds. The molecule has 108 valence electrons. The molecule has 2 rings (SSSR count). The van der Waals surface area contributed by atoms with Gasteiger partial charge in [0, 0.05) is 30.2 Å². The van der Waals surface area contributed by atoms with Gasteiger partial charge in [-0.3, -0.25) is 9.59 Å². The van der Waals surface area contributed by atoms with Gasteiger partial charge in [0.25, 0.3) is 5.91 Å². The van der Waals surface area contributed by atoms with Crippen molar-refractivity contribution in [1.82, 2.24) is 10.2 Å². The number of nitrogens with zero attached hydrogens (tertiary/aromatic N) is 1. The van der Waals surface area contributed by atoms with Crippen LogP contribution in [0.2, 0.25) is 0 Å². The van der Waals surface area contributed by atoms with Gasteiger partial charge in [0.1, 0.15) is 0 Å². The first kappa shape index (κ1) is 15.0. The highest BCUT2D eigenvalue weighted by Crippen LogP contribution is 2.23. The van der Waals surface area contributed by atoms with Crippen molar-refractivity contribution in [2.45, 2.75) is 19.8 Å². The molecular weight excluding hydrogens is 320 g/mol. The third-order valence-electron chi connectivity index (χ3n) is 3.82. The first-order valence-electron chi connectivity index (χ1n) is 6.80. The summed E-state index contributed by atoms with van der Waals surface area (Å²) in [7, 11) is 1.64. The Bertz CT molecular complexity index is 531. The third-order valence-corrected chi connectivity index (χ3v) is 4.68. The maximum atomic E-state index is 12.6. The van der Waals surface area contributed by atoms with Crippen LogP contribution in [-0.4, -0.2) is 36.9 Å². The molecule has 1 atom stereocenters. The van der Waals surface area contributed by atoms with Crippen molar-refractivity contribution in [2.24, 2.45) is 5.92 Å². The first-order chi connectivity index (χ1) is 9.54. The lowest BCUT2D eigenvalue weighted by atomic mass is 9.96. The van der Waals surface area contributed by atoms with E-state index in [9.17, 15) is 9.59 Å². The van der Waals surface area contributed by atoms with Crippen LogP contribution >= 0.6 is 15.9 Å². The molecule has 4 nitrogen and oxygen atoms in total. The number of piperidine rings is 1. The number of hydrogen-bond donors (Lipinski definition) is 1. The van der Waals surface area contributed by atoms with E-state index in [-0.39, 0.29) is 17.7 Å². The van der Waals surface area contributed by atoms with Gasteiger partial charge in [-0.15, -0.1) is 0 Å². The fourth-order valence-corrected chi connectivity index (χ4v) is 2.96. The number of amides is 2. The quantitative estimate of drug-likeness (QED) is 0.899. The number of benzene rings is 1. The summed E-state index contributed by atoms with van der Waals surface area (Å²) in [6.45, 7) is 3.15. The molecule has 0 aromatic heterocycles. The Morgan fingerprint density at radius 1 is 1.40 bits per heavy atom. The monoisotopic (exact) mass is 338 g/mol. The van der Waals surface area contributed by atoms with E-state index in [1.165, 1.54) is 0 Å². The summed E-state index contributed by atoms with van der Waals surface area (Å²) in [6.07, 6.45) is 1.72. The second kappa shape index (κ2) is 6.39. The van der Waals surface area contributed by atoms with Crippen molar-refractivity contribution in [2.75, 3.05) is 20.1 Å². The molecule has 0 saturated carbocycles. The van der Waals surface area contributed by atoms with E-state index in [4.69, 9.17) is 0 Å². The van der Waals surface area contributed by atoms with Gasteiger partial charge in [-0.05, 0) is 37.5 Å². The van der Waals surface area contributed by atoms with Crippen LogP contribution in [0.15, 0.2) is 22.7 Å². The summed E-state index contributed by atoms with van der Waals surface area (Å²) in [6, 6.07) is 5.63.